The summed E-state index contributed by atoms with van der Waals surface area (Å²) < 4.78 is 0. The number of nitrogens with one attached hydrogen (secondary N) is 1. The molecule has 0 saturated heterocycles. The molecule has 0 amide bonds. The molecule has 0 spiro atoms. The van der Waals surface area contributed by atoms with Crippen LogP contribution in [-0.4, -0.2) is 12.6 Å². The van der Waals surface area contributed by atoms with E-state index in [0.717, 1.165) is 6.42 Å². The molecular formula is C15H24N2. The van der Waals surface area contributed by atoms with Gasteiger partial charge in [0.15, 0.2) is 0 Å². The topological polar surface area (TPSA) is 38.0 Å². The summed E-state index contributed by atoms with van der Waals surface area (Å²) in [5, 5.41) is 3.29. The number of nitrogens with two attached hydrogens (primary N) is 1. The Bertz CT molecular complexity index is 378. The van der Waals surface area contributed by atoms with Crippen LogP contribution in [0.3, 0.4) is 0 Å². The summed E-state index contributed by atoms with van der Waals surface area (Å²) in [6.45, 7) is 6.39. The minimum atomic E-state index is 0.0945. The van der Waals surface area contributed by atoms with E-state index in [4.69, 9.17) is 5.73 Å². The van der Waals surface area contributed by atoms with Crippen molar-refractivity contribution in [2.75, 3.05) is 7.05 Å². The highest BCUT2D eigenvalue weighted by Gasteiger charge is 2.11. The third-order valence-corrected chi connectivity index (χ3v) is 3.05. The molecule has 0 bridgehead atoms. The molecule has 1 atom stereocenters. The van der Waals surface area contributed by atoms with Crippen LogP contribution < -0.4 is 11.1 Å². The van der Waals surface area contributed by atoms with E-state index in [1.54, 1.807) is 0 Å². The van der Waals surface area contributed by atoms with Gasteiger partial charge in [-0.2, -0.15) is 0 Å². The summed E-state index contributed by atoms with van der Waals surface area (Å²) in [5.41, 5.74) is 8.41. The largest absolute Gasteiger partial charge is 0.324 e. The van der Waals surface area contributed by atoms with Gasteiger partial charge < -0.3 is 11.1 Å². The molecule has 0 fully saturated rings. The van der Waals surface area contributed by atoms with Gasteiger partial charge in [-0.25, -0.2) is 0 Å². The van der Waals surface area contributed by atoms with Crippen molar-refractivity contribution < 1.29 is 0 Å². The maximum absolute atomic E-state index is 5.87. The van der Waals surface area contributed by atoms with Gasteiger partial charge in [-0.15, -0.1) is 0 Å². The van der Waals surface area contributed by atoms with E-state index >= 15 is 0 Å². The summed E-state index contributed by atoms with van der Waals surface area (Å²) >= 11 is 0. The summed E-state index contributed by atoms with van der Waals surface area (Å²) in [7, 11) is 1.99. The van der Waals surface area contributed by atoms with Crippen molar-refractivity contribution in [3.63, 3.8) is 0 Å². The third kappa shape index (κ3) is 4.72. The van der Waals surface area contributed by atoms with E-state index in [-0.39, 0.29) is 11.6 Å². The normalized spacial score (nSPS) is 14.2. The molecule has 0 aliphatic heterocycles. The minimum Gasteiger partial charge on any atom is -0.324 e. The van der Waals surface area contributed by atoms with Gasteiger partial charge in [0.25, 0.3) is 0 Å². The summed E-state index contributed by atoms with van der Waals surface area (Å²) in [6, 6.07) is 8.47. The average Bonchev–Trinajstić information content (AvgIpc) is 2.29. The highest BCUT2D eigenvalue weighted by Crippen LogP contribution is 2.14. The predicted octanol–water partition coefficient (Wildman–Crippen LogP) is 3.11. The zero-order valence-electron chi connectivity index (χ0n) is 11.3. The van der Waals surface area contributed by atoms with Crippen LogP contribution in [0.5, 0.6) is 0 Å². The quantitative estimate of drug-likeness (QED) is 0.818. The van der Waals surface area contributed by atoms with Crippen LogP contribution in [0.25, 0.3) is 6.08 Å². The van der Waals surface area contributed by atoms with Crippen molar-refractivity contribution in [1.29, 1.82) is 0 Å². The maximum Gasteiger partial charge on any atom is 0.0266 e. The number of hydrogen-bond acceptors (Lipinski definition) is 2. The average molecular weight is 232 g/mol. The van der Waals surface area contributed by atoms with Crippen LogP contribution >= 0.6 is 0 Å². The van der Waals surface area contributed by atoms with Crippen molar-refractivity contribution in [2.24, 2.45) is 5.73 Å². The Hall–Kier alpha value is -1.12. The van der Waals surface area contributed by atoms with Gasteiger partial charge in [0, 0.05) is 11.6 Å². The Morgan fingerprint density at radius 1 is 1.41 bits per heavy atom. The van der Waals surface area contributed by atoms with Crippen molar-refractivity contribution in [3.05, 3.63) is 41.5 Å². The first-order valence-electron chi connectivity index (χ1n) is 6.15. The Morgan fingerprint density at radius 2 is 2.12 bits per heavy atom. The monoisotopic (exact) mass is 232 g/mol. The molecule has 1 rings (SSSR count). The second-order valence-corrected chi connectivity index (χ2v) is 5.20. The van der Waals surface area contributed by atoms with E-state index in [2.05, 4.69) is 55.6 Å². The fourth-order valence-corrected chi connectivity index (χ4v) is 1.54. The second-order valence-electron chi connectivity index (χ2n) is 5.20. The zero-order valence-corrected chi connectivity index (χ0v) is 11.3. The Labute approximate surface area is 105 Å². The number of rotatable bonds is 5. The van der Waals surface area contributed by atoms with E-state index in [0.29, 0.717) is 0 Å². The van der Waals surface area contributed by atoms with Crippen molar-refractivity contribution in [2.45, 2.75) is 38.8 Å². The Kier molecular flexibility index (Phi) is 4.91. The highest BCUT2D eigenvalue weighted by molar-refractivity contribution is 5.50. The Balaban J connectivity index is 2.69. The smallest absolute Gasteiger partial charge is 0.0266 e. The van der Waals surface area contributed by atoms with Gasteiger partial charge in [0.2, 0.25) is 0 Å². The second kappa shape index (κ2) is 5.99. The van der Waals surface area contributed by atoms with Crippen LogP contribution in [0, 0.1) is 0 Å². The zero-order chi connectivity index (χ0) is 12.9. The van der Waals surface area contributed by atoms with E-state index in [1.165, 1.54) is 11.1 Å². The summed E-state index contributed by atoms with van der Waals surface area (Å²) in [5.74, 6) is 0. The molecule has 17 heavy (non-hydrogen) atoms. The molecule has 2 nitrogen and oxygen atoms in total. The van der Waals surface area contributed by atoms with Gasteiger partial charge in [0.05, 0.1) is 0 Å². The van der Waals surface area contributed by atoms with Gasteiger partial charge >= 0.3 is 0 Å². The lowest BCUT2D eigenvalue weighted by molar-refractivity contribution is 0.430. The van der Waals surface area contributed by atoms with Gasteiger partial charge in [0.1, 0.15) is 0 Å². The summed E-state index contributed by atoms with van der Waals surface area (Å²) in [6.07, 6.45) is 5.37. The molecule has 0 heterocycles. The first-order chi connectivity index (χ1) is 7.94. The number of benzene rings is 1. The lowest BCUT2D eigenvalue weighted by Crippen LogP contribution is -2.35. The molecule has 1 aromatic carbocycles. The fourth-order valence-electron chi connectivity index (χ4n) is 1.54. The summed E-state index contributed by atoms with van der Waals surface area (Å²) in [4.78, 5) is 0. The molecule has 94 valence electrons. The van der Waals surface area contributed by atoms with E-state index in [1.807, 2.05) is 14.0 Å². The molecule has 3 N–H and O–H groups in total. The number of hydrogen-bond donors (Lipinski definition) is 2. The first-order valence-corrected chi connectivity index (χ1v) is 6.15. The SMILES string of the molecule is CNC(C)(C)CC=Cc1cccc(C(C)N)c1. The van der Waals surface area contributed by atoms with Crippen LogP contribution in [0.4, 0.5) is 0 Å². The lowest BCUT2D eigenvalue weighted by Gasteiger charge is -2.21. The van der Waals surface area contributed by atoms with Crippen molar-refractivity contribution in [1.82, 2.24) is 5.32 Å². The molecule has 0 aliphatic rings. The lowest BCUT2D eigenvalue weighted by atomic mass is 9.99. The predicted molar refractivity (Wildman–Crippen MR) is 75.8 cm³/mol. The molecule has 1 unspecified atom stereocenters. The Morgan fingerprint density at radius 3 is 2.71 bits per heavy atom. The molecular weight excluding hydrogens is 208 g/mol. The molecule has 1 aromatic rings. The standard InChI is InChI=1S/C15H24N2/c1-12(16)14-9-5-7-13(11-14)8-6-10-15(2,3)17-4/h5-9,11-12,17H,10,16H2,1-4H3. The fraction of sp³-hybridized carbons (Fsp3) is 0.467. The minimum absolute atomic E-state index is 0.0945. The van der Waals surface area contributed by atoms with Crippen LogP contribution in [0.2, 0.25) is 0 Å². The van der Waals surface area contributed by atoms with E-state index < -0.39 is 0 Å². The third-order valence-electron chi connectivity index (χ3n) is 3.05. The van der Waals surface area contributed by atoms with E-state index in [9.17, 15) is 0 Å². The van der Waals surface area contributed by atoms with Gasteiger partial charge in [-0.05, 0) is 45.4 Å². The first kappa shape index (κ1) is 13.9. The highest BCUT2D eigenvalue weighted by atomic mass is 14.9. The van der Waals surface area contributed by atoms with Crippen LogP contribution in [0.15, 0.2) is 30.3 Å². The molecule has 0 aliphatic carbocycles. The molecule has 0 radical (unpaired) electrons. The van der Waals surface area contributed by atoms with Crippen molar-refractivity contribution in [3.8, 4) is 0 Å². The van der Waals surface area contributed by atoms with Gasteiger partial charge in [-0.3, -0.25) is 0 Å². The molecule has 0 saturated carbocycles. The van der Waals surface area contributed by atoms with Crippen LogP contribution in [-0.2, 0) is 0 Å². The maximum atomic E-state index is 5.87. The van der Waals surface area contributed by atoms with Crippen LogP contribution in [0.1, 0.15) is 44.4 Å². The van der Waals surface area contributed by atoms with Crippen molar-refractivity contribution >= 4 is 6.08 Å². The molecule has 2 heteroatoms. The molecule has 0 aromatic heterocycles. The van der Waals surface area contributed by atoms with Gasteiger partial charge in [-0.1, -0.05) is 36.4 Å².